The van der Waals surface area contributed by atoms with Gasteiger partial charge in [-0.25, -0.2) is 0 Å². The highest BCUT2D eigenvalue weighted by atomic mass is 16.1. The van der Waals surface area contributed by atoms with Crippen LogP contribution in [0.2, 0.25) is 0 Å². The fourth-order valence-electron chi connectivity index (χ4n) is 3.00. The van der Waals surface area contributed by atoms with E-state index in [1.54, 1.807) is 0 Å². The molecule has 4 heteroatoms. The molecule has 4 nitrogen and oxygen atoms in total. The van der Waals surface area contributed by atoms with E-state index in [2.05, 4.69) is 48.4 Å². The van der Waals surface area contributed by atoms with Crippen LogP contribution in [0.25, 0.3) is 0 Å². The Kier molecular flexibility index (Phi) is 5.85. The van der Waals surface area contributed by atoms with E-state index in [1.807, 2.05) is 0 Å². The van der Waals surface area contributed by atoms with Crippen LogP contribution in [0, 0.1) is 5.92 Å². The summed E-state index contributed by atoms with van der Waals surface area (Å²) in [5, 5.41) is 6.56. The topological polar surface area (TPSA) is 46.1 Å². The summed E-state index contributed by atoms with van der Waals surface area (Å²) < 4.78 is 2.05. The Morgan fingerprint density at radius 2 is 2.19 bits per heavy atom. The normalized spacial score (nSPS) is 18.4. The largest absolute Gasteiger partial charge is 0.354 e. The molecule has 1 aliphatic carbocycles. The molecule has 1 unspecified atom stereocenters. The van der Waals surface area contributed by atoms with Gasteiger partial charge in [-0.05, 0) is 42.9 Å². The number of fused-ring (bicyclic) bond motifs is 1. The monoisotopic (exact) mass is 291 g/mol. The number of rotatable bonds is 6. The van der Waals surface area contributed by atoms with E-state index in [-0.39, 0.29) is 5.91 Å². The SMILES string of the molecule is CCNC1CCCCc2cn(CC(=O)NCC(C)C)cc21. The quantitative estimate of drug-likeness (QED) is 0.792. The summed E-state index contributed by atoms with van der Waals surface area (Å²) in [6.07, 6.45) is 9.20. The minimum atomic E-state index is 0.105. The highest BCUT2D eigenvalue weighted by Crippen LogP contribution is 2.29. The number of nitrogens with one attached hydrogen (secondary N) is 2. The van der Waals surface area contributed by atoms with Gasteiger partial charge in [0, 0.05) is 25.0 Å². The second-order valence-corrected chi connectivity index (χ2v) is 6.47. The van der Waals surface area contributed by atoms with E-state index >= 15 is 0 Å². The van der Waals surface area contributed by atoms with Crippen molar-refractivity contribution in [2.45, 2.75) is 59.0 Å². The Labute approximate surface area is 128 Å². The molecular formula is C17H29N3O. The Morgan fingerprint density at radius 1 is 1.38 bits per heavy atom. The van der Waals surface area contributed by atoms with Crippen LogP contribution in [-0.4, -0.2) is 23.6 Å². The van der Waals surface area contributed by atoms with Crippen LogP contribution in [-0.2, 0) is 17.8 Å². The molecule has 2 N–H and O–H groups in total. The molecule has 118 valence electrons. The third-order valence-electron chi connectivity index (χ3n) is 4.05. The van der Waals surface area contributed by atoms with E-state index in [0.717, 1.165) is 19.5 Å². The van der Waals surface area contributed by atoms with Crippen molar-refractivity contribution >= 4 is 5.91 Å². The van der Waals surface area contributed by atoms with Crippen LogP contribution in [0.3, 0.4) is 0 Å². The number of aryl methyl sites for hydroxylation is 1. The molecule has 2 rings (SSSR count). The van der Waals surface area contributed by atoms with Crippen LogP contribution >= 0.6 is 0 Å². The first-order valence-electron chi connectivity index (χ1n) is 8.28. The second-order valence-electron chi connectivity index (χ2n) is 6.47. The highest BCUT2D eigenvalue weighted by Gasteiger charge is 2.20. The van der Waals surface area contributed by atoms with Gasteiger partial charge < -0.3 is 15.2 Å². The van der Waals surface area contributed by atoms with Crippen molar-refractivity contribution in [3.8, 4) is 0 Å². The maximum absolute atomic E-state index is 12.0. The summed E-state index contributed by atoms with van der Waals surface area (Å²) in [6.45, 7) is 8.54. The van der Waals surface area contributed by atoms with Gasteiger partial charge in [-0.1, -0.05) is 27.2 Å². The van der Waals surface area contributed by atoms with Crippen molar-refractivity contribution in [1.82, 2.24) is 15.2 Å². The van der Waals surface area contributed by atoms with Gasteiger partial charge in [-0.2, -0.15) is 0 Å². The minimum Gasteiger partial charge on any atom is -0.354 e. The predicted octanol–water partition coefficient (Wildman–Crippen LogP) is 2.64. The Balaban J connectivity index is 2.02. The van der Waals surface area contributed by atoms with Crippen molar-refractivity contribution in [3.63, 3.8) is 0 Å². The predicted molar refractivity (Wildman–Crippen MR) is 86.3 cm³/mol. The summed E-state index contributed by atoms with van der Waals surface area (Å²) >= 11 is 0. The zero-order chi connectivity index (χ0) is 15.2. The van der Waals surface area contributed by atoms with E-state index < -0.39 is 0 Å². The number of hydrogen-bond donors (Lipinski definition) is 2. The van der Waals surface area contributed by atoms with Gasteiger partial charge in [0.15, 0.2) is 0 Å². The van der Waals surface area contributed by atoms with Gasteiger partial charge in [0.1, 0.15) is 6.54 Å². The summed E-state index contributed by atoms with van der Waals surface area (Å²) in [6, 6.07) is 0.451. The van der Waals surface area contributed by atoms with E-state index in [1.165, 1.54) is 30.4 Å². The molecule has 1 aromatic heterocycles. The van der Waals surface area contributed by atoms with Gasteiger partial charge in [0.2, 0.25) is 5.91 Å². The summed E-state index contributed by atoms with van der Waals surface area (Å²) in [7, 11) is 0. The number of hydrogen-bond acceptors (Lipinski definition) is 2. The molecule has 1 atom stereocenters. The first-order chi connectivity index (χ1) is 10.1. The van der Waals surface area contributed by atoms with Gasteiger partial charge in [-0.15, -0.1) is 0 Å². The number of nitrogens with zero attached hydrogens (tertiary/aromatic N) is 1. The molecular weight excluding hydrogens is 262 g/mol. The molecule has 1 amide bonds. The molecule has 0 radical (unpaired) electrons. The average Bonchev–Trinajstić information content (AvgIpc) is 2.74. The van der Waals surface area contributed by atoms with Crippen molar-refractivity contribution in [1.29, 1.82) is 0 Å². The lowest BCUT2D eigenvalue weighted by Crippen LogP contribution is -2.30. The van der Waals surface area contributed by atoms with Crippen molar-refractivity contribution in [2.75, 3.05) is 13.1 Å². The molecule has 0 saturated carbocycles. The molecule has 1 aromatic rings. The van der Waals surface area contributed by atoms with Gasteiger partial charge in [0.05, 0.1) is 0 Å². The number of aromatic nitrogens is 1. The Morgan fingerprint density at radius 3 is 2.90 bits per heavy atom. The number of carbonyl (C=O) groups is 1. The van der Waals surface area contributed by atoms with Crippen LogP contribution < -0.4 is 10.6 Å². The van der Waals surface area contributed by atoms with Gasteiger partial charge in [0.25, 0.3) is 0 Å². The lowest BCUT2D eigenvalue weighted by Gasteiger charge is -2.15. The zero-order valence-corrected chi connectivity index (χ0v) is 13.6. The van der Waals surface area contributed by atoms with Crippen molar-refractivity contribution < 1.29 is 4.79 Å². The van der Waals surface area contributed by atoms with Crippen molar-refractivity contribution in [3.05, 3.63) is 23.5 Å². The molecule has 21 heavy (non-hydrogen) atoms. The maximum Gasteiger partial charge on any atom is 0.239 e. The average molecular weight is 291 g/mol. The molecule has 0 saturated heterocycles. The van der Waals surface area contributed by atoms with E-state index in [9.17, 15) is 4.79 Å². The van der Waals surface area contributed by atoms with Gasteiger partial charge >= 0.3 is 0 Å². The molecule has 1 aliphatic rings. The smallest absolute Gasteiger partial charge is 0.239 e. The minimum absolute atomic E-state index is 0.105. The molecule has 0 spiro atoms. The first-order valence-corrected chi connectivity index (χ1v) is 8.28. The zero-order valence-electron chi connectivity index (χ0n) is 13.6. The van der Waals surface area contributed by atoms with Crippen LogP contribution in [0.1, 0.15) is 57.2 Å². The third kappa shape index (κ3) is 4.60. The molecule has 0 fully saturated rings. The highest BCUT2D eigenvalue weighted by molar-refractivity contribution is 5.75. The second kappa shape index (κ2) is 7.64. The maximum atomic E-state index is 12.0. The molecule has 0 aliphatic heterocycles. The molecule has 1 heterocycles. The van der Waals surface area contributed by atoms with Crippen molar-refractivity contribution in [2.24, 2.45) is 5.92 Å². The van der Waals surface area contributed by atoms with Gasteiger partial charge in [-0.3, -0.25) is 4.79 Å². The Bertz CT molecular complexity index is 465. The Hall–Kier alpha value is -1.29. The lowest BCUT2D eigenvalue weighted by molar-refractivity contribution is -0.121. The van der Waals surface area contributed by atoms with Crippen LogP contribution in [0.4, 0.5) is 0 Å². The van der Waals surface area contributed by atoms with Crippen LogP contribution in [0.5, 0.6) is 0 Å². The number of carbonyl (C=O) groups excluding carboxylic acids is 1. The first kappa shape index (κ1) is 16.1. The van der Waals surface area contributed by atoms with E-state index in [0.29, 0.717) is 18.5 Å². The standard InChI is InChI=1S/C17H29N3O/c1-4-18-16-8-6-5-7-14-10-20(11-15(14)16)12-17(21)19-9-13(2)3/h10-11,13,16,18H,4-9,12H2,1-3H3,(H,19,21). The summed E-state index contributed by atoms with van der Waals surface area (Å²) in [5.41, 5.74) is 2.81. The lowest BCUT2D eigenvalue weighted by atomic mass is 10.0. The molecule has 0 bridgehead atoms. The van der Waals surface area contributed by atoms with Crippen LogP contribution in [0.15, 0.2) is 12.4 Å². The molecule has 0 aromatic carbocycles. The fourth-order valence-corrected chi connectivity index (χ4v) is 3.00. The third-order valence-corrected chi connectivity index (χ3v) is 4.05. The van der Waals surface area contributed by atoms with E-state index in [4.69, 9.17) is 0 Å². The number of amides is 1. The fraction of sp³-hybridized carbons (Fsp3) is 0.706. The summed E-state index contributed by atoms with van der Waals surface area (Å²) in [4.78, 5) is 12.0. The summed E-state index contributed by atoms with van der Waals surface area (Å²) in [5.74, 6) is 0.599.